The number of H-pyrrole nitrogens is 1. The number of fused-ring (bicyclic) bond motifs is 1. The number of aromatic amines is 1. The topological polar surface area (TPSA) is 41.6 Å². The van der Waals surface area contributed by atoms with Gasteiger partial charge in [-0.05, 0) is 31.7 Å². The molecule has 2 rings (SSSR count). The van der Waals surface area contributed by atoms with E-state index in [2.05, 4.69) is 36.0 Å². The Hall–Kier alpha value is -1.38. The van der Waals surface area contributed by atoms with Crippen LogP contribution in [0.2, 0.25) is 0 Å². The SMILES string of the molecule is Cc1[nH]nc2ccnc(CCC(C)C)c12. The molecule has 0 aliphatic heterocycles. The van der Waals surface area contributed by atoms with Crippen molar-refractivity contribution in [3.8, 4) is 0 Å². The molecule has 0 saturated carbocycles. The van der Waals surface area contributed by atoms with Crippen molar-refractivity contribution in [1.82, 2.24) is 15.2 Å². The molecule has 2 aromatic rings. The minimum Gasteiger partial charge on any atom is -0.282 e. The molecule has 15 heavy (non-hydrogen) atoms. The van der Waals surface area contributed by atoms with Crippen molar-refractivity contribution >= 4 is 10.9 Å². The van der Waals surface area contributed by atoms with Crippen LogP contribution in [0.1, 0.15) is 31.7 Å². The number of hydrogen-bond donors (Lipinski definition) is 1. The van der Waals surface area contributed by atoms with Gasteiger partial charge >= 0.3 is 0 Å². The van der Waals surface area contributed by atoms with E-state index in [0.717, 1.165) is 17.6 Å². The summed E-state index contributed by atoms with van der Waals surface area (Å²) in [5, 5.41) is 8.46. The molecule has 0 aliphatic carbocycles. The van der Waals surface area contributed by atoms with Gasteiger partial charge in [0.05, 0.1) is 11.2 Å². The second kappa shape index (κ2) is 4.01. The summed E-state index contributed by atoms with van der Waals surface area (Å²) >= 11 is 0. The molecule has 80 valence electrons. The standard InChI is InChI=1S/C12H17N3/c1-8(2)4-5-10-12-9(3)14-15-11(12)6-7-13-10/h6-8H,4-5H2,1-3H3,(H,14,15). The summed E-state index contributed by atoms with van der Waals surface area (Å²) in [5.74, 6) is 0.717. The van der Waals surface area contributed by atoms with Crippen molar-refractivity contribution in [3.63, 3.8) is 0 Å². The molecule has 0 fully saturated rings. The van der Waals surface area contributed by atoms with Crippen LogP contribution in [0.4, 0.5) is 0 Å². The van der Waals surface area contributed by atoms with Crippen molar-refractivity contribution in [1.29, 1.82) is 0 Å². The van der Waals surface area contributed by atoms with Gasteiger partial charge in [0, 0.05) is 17.3 Å². The van der Waals surface area contributed by atoms with Gasteiger partial charge in [0.2, 0.25) is 0 Å². The lowest BCUT2D eigenvalue weighted by Crippen LogP contribution is -1.96. The first kappa shape index (κ1) is 10.1. The second-order valence-corrected chi connectivity index (χ2v) is 4.43. The van der Waals surface area contributed by atoms with Crippen LogP contribution in [0.15, 0.2) is 12.3 Å². The molecule has 0 bridgehead atoms. The first-order valence-electron chi connectivity index (χ1n) is 5.47. The lowest BCUT2D eigenvalue weighted by molar-refractivity contribution is 0.583. The van der Waals surface area contributed by atoms with Crippen molar-refractivity contribution in [2.45, 2.75) is 33.6 Å². The average Bonchev–Trinajstić information content (AvgIpc) is 2.58. The van der Waals surface area contributed by atoms with E-state index in [0.29, 0.717) is 5.92 Å². The molecule has 0 aromatic carbocycles. The molecule has 1 N–H and O–H groups in total. The van der Waals surface area contributed by atoms with E-state index < -0.39 is 0 Å². The van der Waals surface area contributed by atoms with Crippen LogP contribution >= 0.6 is 0 Å². The van der Waals surface area contributed by atoms with E-state index >= 15 is 0 Å². The molecule has 0 atom stereocenters. The van der Waals surface area contributed by atoms with Crippen LogP contribution in [0.25, 0.3) is 10.9 Å². The van der Waals surface area contributed by atoms with Crippen LogP contribution in [-0.4, -0.2) is 15.2 Å². The fourth-order valence-corrected chi connectivity index (χ4v) is 1.81. The summed E-state index contributed by atoms with van der Waals surface area (Å²) in [6.45, 7) is 6.53. The molecular weight excluding hydrogens is 186 g/mol. The van der Waals surface area contributed by atoms with E-state index in [9.17, 15) is 0 Å². The van der Waals surface area contributed by atoms with Gasteiger partial charge in [-0.25, -0.2) is 0 Å². The van der Waals surface area contributed by atoms with E-state index in [1.807, 2.05) is 12.3 Å². The predicted octanol–water partition coefficient (Wildman–Crippen LogP) is 2.85. The highest BCUT2D eigenvalue weighted by Gasteiger charge is 2.08. The van der Waals surface area contributed by atoms with Crippen LogP contribution < -0.4 is 0 Å². The van der Waals surface area contributed by atoms with E-state index in [1.54, 1.807) is 0 Å². The van der Waals surface area contributed by atoms with E-state index in [1.165, 1.54) is 17.5 Å². The molecule has 3 heteroatoms. The van der Waals surface area contributed by atoms with Gasteiger partial charge in [0.1, 0.15) is 0 Å². The molecule has 2 aromatic heterocycles. The zero-order chi connectivity index (χ0) is 10.8. The van der Waals surface area contributed by atoms with E-state index in [-0.39, 0.29) is 0 Å². The maximum atomic E-state index is 4.45. The number of nitrogens with zero attached hydrogens (tertiary/aromatic N) is 2. The van der Waals surface area contributed by atoms with Crippen molar-refractivity contribution in [2.75, 3.05) is 0 Å². The highest BCUT2D eigenvalue weighted by molar-refractivity contribution is 5.83. The van der Waals surface area contributed by atoms with Crippen molar-refractivity contribution in [2.24, 2.45) is 5.92 Å². The molecule has 0 spiro atoms. The van der Waals surface area contributed by atoms with Crippen molar-refractivity contribution < 1.29 is 0 Å². The molecule has 0 saturated heterocycles. The van der Waals surface area contributed by atoms with Gasteiger partial charge in [0.25, 0.3) is 0 Å². The fraction of sp³-hybridized carbons (Fsp3) is 0.500. The third-order valence-corrected chi connectivity index (χ3v) is 2.69. The highest BCUT2D eigenvalue weighted by atomic mass is 15.1. The first-order chi connectivity index (χ1) is 7.18. The number of pyridine rings is 1. The minimum atomic E-state index is 0.717. The summed E-state index contributed by atoms with van der Waals surface area (Å²) in [6.07, 6.45) is 4.06. The number of aryl methyl sites for hydroxylation is 2. The molecular formula is C12H17N3. The lowest BCUT2D eigenvalue weighted by atomic mass is 10.0. The zero-order valence-electron chi connectivity index (χ0n) is 9.54. The van der Waals surface area contributed by atoms with Crippen LogP contribution in [0, 0.1) is 12.8 Å². The molecule has 0 unspecified atom stereocenters. The summed E-state index contributed by atoms with van der Waals surface area (Å²) in [5.41, 5.74) is 3.32. The van der Waals surface area contributed by atoms with Gasteiger partial charge < -0.3 is 0 Å². The Morgan fingerprint density at radius 1 is 1.40 bits per heavy atom. The maximum Gasteiger partial charge on any atom is 0.0957 e. The van der Waals surface area contributed by atoms with Crippen LogP contribution in [0.5, 0.6) is 0 Å². The smallest absolute Gasteiger partial charge is 0.0957 e. The number of hydrogen-bond acceptors (Lipinski definition) is 2. The first-order valence-corrected chi connectivity index (χ1v) is 5.47. The minimum absolute atomic E-state index is 0.717. The summed E-state index contributed by atoms with van der Waals surface area (Å²) in [6, 6.07) is 1.96. The fourth-order valence-electron chi connectivity index (χ4n) is 1.81. The maximum absolute atomic E-state index is 4.45. The second-order valence-electron chi connectivity index (χ2n) is 4.43. The zero-order valence-corrected chi connectivity index (χ0v) is 9.54. The molecule has 0 radical (unpaired) electrons. The number of nitrogens with one attached hydrogen (secondary N) is 1. The Bertz CT molecular complexity index is 457. The Morgan fingerprint density at radius 3 is 2.93 bits per heavy atom. The largest absolute Gasteiger partial charge is 0.282 e. The van der Waals surface area contributed by atoms with E-state index in [4.69, 9.17) is 0 Å². The van der Waals surface area contributed by atoms with Crippen LogP contribution in [0.3, 0.4) is 0 Å². The Balaban J connectivity index is 2.37. The third kappa shape index (κ3) is 2.01. The van der Waals surface area contributed by atoms with Gasteiger partial charge in [0.15, 0.2) is 0 Å². The normalized spacial score (nSPS) is 11.5. The Kier molecular flexibility index (Phi) is 2.71. The lowest BCUT2D eigenvalue weighted by Gasteiger charge is -2.05. The number of aromatic nitrogens is 3. The molecule has 3 nitrogen and oxygen atoms in total. The third-order valence-electron chi connectivity index (χ3n) is 2.69. The highest BCUT2D eigenvalue weighted by Crippen LogP contribution is 2.20. The monoisotopic (exact) mass is 203 g/mol. The molecule has 2 heterocycles. The van der Waals surface area contributed by atoms with Gasteiger partial charge in [-0.15, -0.1) is 0 Å². The van der Waals surface area contributed by atoms with Gasteiger partial charge in [-0.1, -0.05) is 13.8 Å². The Morgan fingerprint density at radius 2 is 2.20 bits per heavy atom. The number of rotatable bonds is 3. The Labute approximate surface area is 89.9 Å². The molecule has 0 aliphatic rings. The summed E-state index contributed by atoms with van der Waals surface area (Å²) < 4.78 is 0. The predicted molar refractivity (Wildman–Crippen MR) is 61.8 cm³/mol. The van der Waals surface area contributed by atoms with Gasteiger partial charge in [-0.2, -0.15) is 5.10 Å². The van der Waals surface area contributed by atoms with Crippen LogP contribution in [-0.2, 0) is 6.42 Å². The summed E-state index contributed by atoms with van der Waals surface area (Å²) in [7, 11) is 0. The summed E-state index contributed by atoms with van der Waals surface area (Å²) in [4.78, 5) is 4.45. The molecule has 0 amide bonds. The van der Waals surface area contributed by atoms with Gasteiger partial charge in [-0.3, -0.25) is 10.1 Å². The average molecular weight is 203 g/mol. The quantitative estimate of drug-likeness (QED) is 0.833. The van der Waals surface area contributed by atoms with Crippen molar-refractivity contribution in [3.05, 3.63) is 23.7 Å².